The fourth-order valence-electron chi connectivity index (χ4n) is 2.12. The van der Waals surface area contributed by atoms with Gasteiger partial charge in [-0.25, -0.2) is 0 Å². The van der Waals surface area contributed by atoms with Crippen LogP contribution < -0.4 is 16.4 Å². The van der Waals surface area contributed by atoms with Crippen LogP contribution in [-0.2, 0) is 0 Å². The SMILES string of the molecule is CNC(=O)c1sc(NCCC(C)C)c(C2CC2)c1N. The van der Waals surface area contributed by atoms with Crippen LogP contribution in [-0.4, -0.2) is 19.5 Å². The van der Waals surface area contributed by atoms with E-state index in [-0.39, 0.29) is 5.91 Å². The van der Waals surface area contributed by atoms with Crippen LogP contribution in [0.15, 0.2) is 0 Å². The Balaban J connectivity index is 2.18. The van der Waals surface area contributed by atoms with E-state index in [1.165, 1.54) is 29.7 Å². The van der Waals surface area contributed by atoms with Gasteiger partial charge in [-0.1, -0.05) is 13.8 Å². The van der Waals surface area contributed by atoms with Gasteiger partial charge in [0.25, 0.3) is 5.91 Å². The third-order valence-electron chi connectivity index (χ3n) is 3.41. The van der Waals surface area contributed by atoms with E-state index in [1.54, 1.807) is 7.05 Å². The quantitative estimate of drug-likeness (QED) is 0.751. The lowest BCUT2D eigenvalue weighted by Crippen LogP contribution is -2.17. The molecule has 0 radical (unpaired) electrons. The van der Waals surface area contributed by atoms with Crippen LogP contribution >= 0.6 is 11.3 Å². The Morgan fingerprint density at radius 2 is 2.16 bits per heavy atom. The summed E-state index contributed by atoms with van der Waals surface area (Å²) in [6.45, 7) is 5.36. The third kappa shape index (κ3) is 3.21. The molecule has 1 fully saturated rings. The predicted octanol–water partition coefficient (Wildman–Crippen LogP) is 3.03. The third-order valence-corrected chi connectivity index (χ3v) is 4.59. The molecule has 0 aliphatic heterocycles. The van der Waals surface area contributed by atoms with Crippen LogP contribution in [0.5, 0.6) is 0 Å². The Bertz CT molecular complexity index is 464. The van der Waals surface area contributed by atoms with Gasteiger partial charge in [-0.3, -0.25) is 4.79 Å². The summed E-state index contributed by atoms with van der Waals surface area (Å²) in [5.41, 5.74) is 8.02. The highest BCUT2D eigenvalue weighted by Gasteiger charge is 2.32. The van der Waals surface area contributed by atoms with Crippen LogP contribution in [0, 0.1) is 5.92 Å². The van der Waals surface area contributed by atoms with Crippen molar-refractivity contribution >= 4 is 27.9 Å². The molecule has 1 heterocycles. The summed E-state index contributed by atoms with van der Waals surface area (Å²) in [6, 6.07) is 0. The smallest absolute Gasteiger partial charge is 0.263 e. The van der Waals surface area contributed by atoms with Gasteiger partial charge >= 0.3 is 0 Å². The predicted molar refractivity (Wildman–Crippen MR) is 82.0 cm³/mol. The van der Waals surface area contributed by atoms with Gasteiger partial charge in [0, 0.05) is 19.2 Å². The van der Waals surface area contributed by atoms with Crippen LogP contribution in [0.4, 0.5) is 10.7 Å². The summed E-state index contributed by atoms with van der Waals surface area (Å²) in [5.74, 6) is 1.14. The van der Waals surface area contributed by atoms with E-state index in [0.29, 0.717) is 22.4 Å². The van der Waals surface area contributed by atoms with Crippen molar-refractivity contribution in [1.82, 2.24) is 5.32 Å². The number of hydrogen-bond donors (Lipinski definition) is 3. The molecule has 0 unspecified atom stereocenters. The molecule has 1 saturated carbocycles. The number of thiophene rings is 1. The highest BCUT2D eigenvalue weighted by atomic mass is 32.1. The van der Waals surface area contributed by atoms with Crippen molar-refractivity contribution in [2.24, 2.45) is 5.92 Å². The number of nitrogens with two attached hydrogens (primary N) is 1. The number of amides is 1. The molecule has 1 amide bonds. The second-order valence-corrected chi connectivity index (χ2v) is 6.57. The minimum atomic E-state index is -0.0821. The lowest BCUT2D eigenvalue weighted by Gasteiger charge is -2.08. The summed E-state index contributed by atoms with van der Waals surface area (Å²) in [6.07, 6.45) is 3.50. The fraction of sp³-hybridized carbons (Fsp3) is 0.643. The molecule has 4 N–H and O–H groups in total. The Kier molecular flexibility index (Phi) is 4.34. The van der Waals surface area contributed by atoms with Gasteiger partial charge in [0.15, 0.2) is 0 Å². The van der Waals surface area contributed by atoms with E-state index in [9.17, 15) is 4.79 Å². The van der Waals surface area contributed by atoms with Crippen LogP contribution in [0.2, 0.25) is 0 Å². The zero-order valence-electron chi connectivity index (χ0n) is 11.9. The van der Waals surface area contributed by atoms with Crippen molar-refractivity contribution in [1.29, 1.82) is 0 Å². The Morgan fingerprint density at radius 3 is 2.68 bits per heavy atom. The molecule has 5 heteroatoms. The first-order valence-electron chi connectivity index (χ1n) is 6.92. The maximum absolute atomic E-state index is 11.8. The zero-order chi connectivity index (χ0) is 14.0. The molecular weight excluding hydrogens is 258 g/mol. The van der Waals surface area contributed by atoms with Gasteiger partial charge in [-0.2, -0.15) is 0 Å². The molecule has 0 bridgehead atoms. The molecule has 0 aromatic carbocycles. The number of anilines is 2. The molecule has 0 saturated heterocycles. The minimum absolute atomic E-state index is 0.0821. The molecule has 1 aliphatic carbocycles. The Hall–Kier alpha value is -1.23. The maximum Gasteiger partial charge on any atom is 0.263 e. The first-order chi connectivity index (χ1) is 9.04. The van der Waals surface area contributed by atoms with Crippen molar-refractivity contribution < 1.29 is 4.79 Å². The molecule has 1 aromatic rings. The van der Waals surface area contributed by atoms with E-state index >= 15 is 0 Å². The molecule has 1 aliphatic rings. The summed E-state index contributed by atoms with van der Waals surface area (Å²) in [5, 5.41) is 7.22. The maximum atomic E-state index is 11.8. The molecule has 2 rings (SSSR count). The first kappa shape index (κ1) is 14.2. The highest BCUT2D eigenvalue weighted by Crippen LogP contribution is 2.50. The second-order valence-electron chi connectivity index (χ2n) is 5.55. The Labute approximate surface area is 118 Å². The molecular formula is C14H23N3OS. The largest absolute Gasteiger partial charge is 0.397 e. The van der Waals surface area contributed by atoms with Crippen molar-refractivity contribution in [3.8, 4) is 0 Å². The monoisotopic (exact) mass is 281 g/mol. The number of nitrogens with one attached hydrogen (secondary N) is 2. The van der Waals surface area contributed by atoms with Crippen molar-refractivity contribution in [3.05, 3.63) is 10.4 Å². The average Bonchev–Trinajstić information content (AvgIpc) is 3.13. The topological polar surface area (TPSA) is 67.2 Å². The van der Waals surface area contributed by atoms with Gasteiger partial charge in [0.1, 0.15) is 4.88 Å². The molecule has 106 valence electrons. The average molecular weight is 281 g/mol. The zero-order valence-corrected chi connectivity index (χ0v) is 12.7. The number of nitrogen functional groups attached to an aromatic ring is 1. The van der Waals surface area contributed by atoms with Crippen LogP contribution in [0.25, 0.3) is 0 Å². The molecule has 0 atom stereocenters. The number of hydrogen-bond acceptors (Lipinski definition) is 4. The lowest BCUT2D eigenvalue weighted by molar-refractivity contribution is 0.0968. The summed E-state index contributed by atoms with van der Waals surface area (Å²) in [4.78, 5) is 12.5. The van der Waals surface area contributed by atoms with Crippen molar-refractivity contribution in [2.45, 2.75) is 39.0 Å². The minimum Gasteiger partial charge on any atom is -0.397 e. The number of carbonyl (C=O) groups is 1. The molecule has 19 heavy (non-hydrogen) atoms. The second kappa shape index (κ2) is 5.82. The van der Waals surface area contributed by atoms with E-state index < -0.39 is 0 Å². The van der Waals surface area contributed by atoms with E-state index in [4.69, 9.17) is 5.73 Å². The van der Waals surface area contributed by atoms with Crippen molar-refractivity contribution in [3.63, 3.8) is 0 Å². The number of rotatable bonds is 6. The molecule has 4 nitrogen and oxygen atoms in total. The molecule has 1 aromatic heterocycles. The fourth-order valence-corrected chi connectivity index (χ4v) is 3.30. The highest BCUT2D eigenvalue weighted by molar-refractivity contribution is 7.18. The van der Waals surface area contributed by atoms with E-state index in [2.05, 4.69) is 24.5 Å². The standard InChI is InChI=1S/C14H23N3OS/c1-8(2)6-7-17-14-10(9-4-5-9)11(15)12(19-14)13(18)16-3/h8-9,17H,4-7,15H2,1-3H3,(H,16,18). The normalized spacial score (nSPS) is 14.7. The van der Waals surface area contributed by atoms with Crippen LogP contribution in [0.1, 0.15) is 54.3 Å². The van der Waals surface area contributed by atoms with E-state index in [0.717, 1.165) is 18.0 Å². The van der Waals surface area contributed by atoms with Gasteiger partial charge in [0.2, 0.25) is 0 Å². The summed E-state index contributed by atoms with van der Waals surface area (Å²) >= 11 is 1.49. The first-order valence-corrected chi connectivity index (χ1v) is 7.74. The van der Waals surface area contributed by atoms with Gasteiger partial charge in [-0.05, 0) is 31.1 Å². The van der Waals surface area contributed by atoms with Gasteiger partial charge in [-0.15, -0.1) is 11.3 Å². The van der Waals surface area contributed by atoms with Gasteiger partial charge < -0.3 is 16.4 Å². The Morgan fingerprint density at radius 1 is 1.47 bits per heavy atom. The van der Waals surface area contributed by atoms with Gasteiger partial charge in [0.05, 0.1) is 10.7 Å². The van der Waals surface area contributed by atoms with E-state index in [1.807, 2.05) is 0 Å². The molecule has 0 spiro atoms. The van der Waals surface area contributed by atoms with Crippen LogP contribution in [0.3, 0.4) is 0 Å². The summed E-state index contributed by atoms with van der Waals surface area (Å²) < 4.78 is 0. The van der Waals surface area contributed by atoms with Crippen molar-refractivity contribution in [2.75, 3.05) is 24.6 Å². The summed E-state index contributed by atoms with van der Waals surface area (Å²) in [7, 11) is 1.64. The number of carbonyl (C=O) groups excluding carboxylic acids is 1. The lowest BCUT2D eigenvalue weighted by atomic mass is 10.1.